The number of nitrogen functional groups attached to an aromatic ring is 1. The molecule has 0 spiro atoms. The normalized spacial score (nSPS) is 14.2. The van der Waals surface area contributed by atoms with E-state index in [1.54, 1.807) is 0 Å². The van der Waals surface area contributed by atoms with Gasteiger partial charge in [-0.25, -0.2) is 0 Å². The van der Waals surface area contributed by atoms with E-state index in [0.29, 0.717) is 35.6 Å². The summed E-state index contributed by atoms with van der Waals surface area (Å²) in [6.45, 7) is 1.98. The average Bonchev–Trinajstić information content (AvgIpc) is 3.54. The Hall–Kier alpha value is -4.13. The minimum Gasteiger partial charge on any atom is -0.380 e. The second kappa shape index (κ2) is 7.53. The molecule has 0 unspecified atom stereocenters. The van der Waals surface area contributed by atoms with Crippen molar-refractivity contribution in [1.29, 1.82) is 0 Å². The highest BCUT2D eigenvalue weighted by atomic mass is 16.5. The van der Waals surface area contributed by atoms with Crippen LogP contribution in [0.1, 0.15) is 18.4 Å². The van der Waals surface area contributed by atoms with E-state index in [4.69, 9.17) is 10.3 Å². The molecule has 7 nitrogen and oxygen atoms in total. The first-order chi connectivity index (χ1) is 15.5. The van der Waals surface area contributed by atoms with E-state index < -0.39 is 5.41 Å². The van der Waals surface area contributed by atoms with Crippen LogP contribution in [0.5, 0.6) is 0 Å². The first-order valence-electron chi connectivity index (χ1n) is 10.4. The molecule has 4 N–H and O–H groups in total. The number of fused-ring (bicyclic) bond motifs is 1. The molecule has 5 rings (SSSR count). The van der Waals surface area contributed by atoms with E-state index in [1.165, 1.54) is 0 Å². The summed E-state index contributed by atoms with van der Waals surface area (Å²) in [5.41, 5.74) is 9.78. The van der Waals surface area contributed by atoms with Gasteiger partial charge in [0, 0.05) is 11.4 Å². The summed E-state index contributed by atoms with van der Waals surface area (Å²) in [7, 11) is 0. The molecule has 3 aromatic carbocycles. The van der Waals surface area contributed by atoms with Gasteiger partial charge in [-0.3, -0.25) is 9.59 Å². The lowest BCUT2D eigenvalue weighted by molar-refractivity contribution is -0.131. The third-order valence-electron chi connectivity index (χ3n) is 5.91. The molecule has 0 saturated heterocycles. The molecule has 0 bridgehead atoms. The second-order valence-electron chi connectivity index (χ2n) is 8.18. The van der Waals surface area contributed by atoms with Crippen LogP contribution < -0.4 is 16.4 Å². The third kappa shape index (κ3) is 3.47. The van der Waals surface area contributed by atoms with Crippen molar-refractivity contribution in [3.8, 4) is 11.1 Å². The first-order valence-corrected chi connectivity index (χ1v) is 10.4. The lowest BCUT2D eigenvalue weighted by atomic mass is 10.0. The lowest BCUT2D eigenvalue weighted by Crippen LogP contribution is -2.35. The molecule has 0 aliphatic heterocycles. The average molecular weight is 426 g/mol. The van der Waals surface area contributed by atoms with Gasteiger partial charge >= 0.3 is 0 Å². The van der Waals surface area contributed by atoms with Crippen LogP contribution in [0.25, 0.3) is 22.1 Å². The van der Waals surface area contributed by atoms with E-state index in [1.807, 2.05) is 73.7 Å². The number of carbonyl (C=O) groups is 2. The number of nitrogens with one attached hydrogen (secondary N) is 2. The van der Waals surface area contributed by atoms with Crippen LogP contribution in [0.2, 0.25) is 0 Å². The highest BCUT2D eigenvalue weighted by molar-refractivity contribution is 6.17. The van der Waals surface area contributed by atoms with Crippen molar-refractivity contribution in [1.82, 2.24) is 5.16 Å². The van der Waals surface area contributed by atoms with Gasteiger partial charge in [-0.2, -0.15) is 0 Å². The van der Waals surface area contributed by atoms with Crippen LogP contribution in [0.15, 0.2) is 71.3 Å². The molecule has 1 saturated carbocycles. The summed E-state index contributed by atoms with van der Waals surface area (Å²) < 4.78 is 5.23. The summed E-state index contributed by atoms with van der Waals surface area (Å²) in [6.07, 6.45) is 1.06. The van der Waals surface area contributed by atoms with Gasteiger partial charge in [-0.05, 0) is 61.2 Å². The molecule has 1 aliphatic rings. The first kappa shape index (κ1) is 19.8. The predicted octanol–water partition coefficient (Wildman–Crippen LogP) is 4.74. The molecule has 32 heavy (non-hydrogen) atoms. The Kier molecular flexibility index (Phi) is 4.66. The lowest BCUT2D eigenvalue weighted by Gasteiger charge is -2.16. The molecule has 4 aromatic rings. The second-order valence-corrected chi connectivity index (χ2v) is 8.18. The molecular formula is C25H22N4O3. The zero-order valence-corrected chi connectivity index (χ0v) is 17.5. The topological polar surface area (TPSA) is 110 Å². The Balaban J connectivity index is 1.31. The van der Waals surface area contributed by atoms with Gasteiger partial charge in [0.1, 0.15) is 5.41 Å². The Morgan fingerprint density at radius 3 is 2.09 bits per heavy atom. The van der Waals surface area contributed by atoms with Crippen LogP contribution in [0, 0.1) is 12.3 Å². The maximum atomic E-state index is 12.9. The van der Waals surface area contributed by atoms with Crippen LogP contribution in [0.4, 0.5) is 17.2 Å². The zero-order chi connectivity index (χ0) is 22.3. The standard InChI is InChI=1S/C25H22N4O3/c1-15-5-9-17(10-6-15)27-23(30)25(13-14-25)24(31)28-18-11-7-16(8-12-18)19-3-2-4-20-21(19)22(26)29-32-20/h2-12H,13-14H2,1H3,(H2,26,29)(H,27,30)(H,28,31). The quantitative estimate of drug-likeness (QED) is 0.399. The summed E-state index contributed by atoms with van der Waals surface area (Å²) >= 11 is 0. The van der Waals surface area contributed by atoms with Gasteiger partial charge in [-0.15, -0.1) is 0 Å². The van der Waals surface area contributed by atoms with Gasteiger partial charge in [0.25, 0.3) is 0 Å². The summed E-state index contributed by atoms with van der Waals surface area (Å²) in [4.78, 5) is 25.7. The smallest absolute Gasteiger partial charge is 0.240 e. The molecule has 0 radical (unpaired) electrons. The van der Waals surface area contributed by atoms with Crippen molar-refractivity contribution >= 4 is 40.0 Å². The number of amides is 2. The molecule has 0 atom stereocenters. The van der Waals surface area contributed by atoms with Gasteiger partial charge in [-0.1, -0.05) is 47.1 Å². The Morgan fingerprint density at radius 2 is 1.50 bits per heavy atom. The highest BCUT2D eigenvalue weighted by Crippen LogP contribution is 2.47. The fraction of sp³-hybridized carbons (Fsp3) is 0.160. The summed E-state index contributed by atoms with van der Waals surface area (Å²) in [6, 6.07) is 20.5. The molecule has 1 heterocycles. The van der Waals surface area contributed by atoms with Crippen LogP contribution >= 0.6 is 0 Å². The molecule has 1 aliphatic carbocycles. The van der Waals surface area contributed by atoms with Crippen molar-refractivity contribution < 1.29 is 14.1 Å². The zero-order valence-electron chi connectivity index (χ0n) is 17.5. The number of anilines is 3. The summed E-state index contributed by atoms with van der Waals surface area (Å²) in [5.74, 6) is -0.228. The monoisotopic (exact) mass is 426 g/mol. The maximum absolute atomic E-state index is 12.9. The van der Waals surface area contributed by atoms with Gasteiger partial charge in [0.2, 0.25) is 11.8 Å². The Bertz CT molecular complexity index is 1320. The van der Waals surface area contributed by atoms with Crippen molar-refractivity contribution in [2.24, 2.45) is 5.41 Å². The van der Waals surface area contributed by atoms with Crippen molar-refractivity contribution in [3.05, 3.63) is 72.3 Å². The minimum absolute atomic E-state index is 0.273. The molecule has 1 aromatic heterocycles. The van der Waals surface area contributed by atoms with Crippen molar-refractivity contribution in [3.63, 3.8) is 0 Å². The molecule has 7 heteroatoms. The molecule has 160 valence electrons. The molecule has 1 fully saturated rings. The van der Waals surface area contributed by atoms with E-state index in [0.717, 1.165) is 22.1 Å². The van der Waals surface area contributed by atoms with Crippen LogP contribution in [-0.4, -0.2) is 17.0 Å². The number of aryl methyl sites for hydroxylation is 1. The fourth-order valence-corrected chi connectivity index (χ4v) is 3.81. The van der Waals surface area contributed by atoms with Crippen molar-refractivity contribution in [2.75, 3.05) is 16.4 Å². The molecular weight excluding hydrogens is 404 g/mol. The number of benzene rings is 3. The summed E-state index contributed by atoms with van der Waals surface area (Å²) in [5, 5.41) is 10.3. The van der Waals surface area contributed by atoms with Crippen molar-refractivity contribution in [2.45, 2.75) is 19.8 Å². The number of nitrogens with two attached hydrogens (primary N) is 1. The van der Waals surface area contributed by atoms with Crippen LogP contribution in [0.3, 0.4) is 0 Å². The largest absolute Gasteiger partial charge is 0.380 e. The van der Waals surface area contributed by atoms with E-state index >= 15 is 0 Å². The van der Waals surface area contributed by atoms with E-state index in [2.05, 4.69) is 15.8 Å². The number of hydrogen-bond donors (Lipinski definition) is 3. The SMILES string of the molecule is Cc1ccc(NC(=O)C2(C(=O)Nc3ccc(-c4cccc5onc(N)c45)cc3)CC2)cc1. The van der Waals surface area contributed by atoms with Gasteiger partial charge in [0.05, 0.1) is 5.39 Å². The van der Waals surface area contributed by atoms with Gasteiger partial charge in [0.15, 0.2) is 11.4 Å². The minimum atomic E-state index is -1.02. The predicted molar refractivity (Wildman–Crippen MR) is 124 cm³/mol. The van der Waals surface area contributed by atoms with E-state index in [9.17, 15) is 9.59 Å². The highest BCUT2D eigenvalue weighted by Gasteiger charge is 2.56. The third-order valence-corrected chi connectivity index (χ3v) is 5.91. The number of rotatable bonds is 5. The number of nitrogens with zero attached hydrogens (tertiary/aromatic N) is 1. The number of aromatic nitrogens is 1. The Labute approximate surface area is 184 Å². The maximum Gasteiger partial charge on any atom is 0.240 e. The fourth-order valence-electron chi connectivity index (χ4n) is 3.81. The van der Waals surface area contributed by atoms with Crippen LogP contribution in [-0.2, 0) is 9.59 Å². The molecule has 2 amide bonds. The van der Waals surface area contributed by atoms with Gasteiger partial charge < -0.3 is 20.9 Å². The van der Waals surface area contributed by atoms with E-state index in [-0.39, 0.29) is 11.8 Å². The number of hydrogen-bond acceptors (Lipinski definition) is 5. The number of carbonyl (C=O) groups excluding carboxylic acids is 2. The Morgan fingerprint density at radius 1 is 0.906 bits per heavy atom.